The Labute approximate surface area is 98.7 Å². The highest BCUT2D eigenvalue weighted by atomic mass is 32.1. The van der Waals surface area contributed by atoms with Crippen molar-refractivity contribution in [3.63, 3.8) is 0 Å². The Balaban J connectivity index is 2.00. The number of thiophene rings is 1. The predicted molar refractivity (Wildman–Crippen MR) is 63.6 cm³/mol. The summed E-state index contributed by atoms with van der Waals surface area (Å²) in [5.41, 5.74) is -0.741. The fourth-order valence-electron chi connectivity index (χ4n) is 1.99. The molecule has 0 spiro atoms. The van der Waals surface area contributed by atoms with Gasteiger partial charge in [0.2, 0.25) is 0 Å². The van der Waals surface area contributed by atoms with Crippen molar-refractivity contribution in [2.75, 3.05) is 13.1 Å². The molecule has 16 heavy (non-hydrogen) atoms. The monoisotopic (exact) mass is 240 g/mol. The number of nitrogens with one attached hydrogen (secondary N) is 2. The average molecular weight is 240 g/mol. The van der Waals surface area contributed by atoms with Gasteiger partial charge in [0.15, 0.2) is 0 Å². The molecule has 0 aromatic carbocycles. The number of rotatable bonds is 4. The van der Waals surface area contributed by atoms with Crippen molar-refractivity contribution in [2.24, 2.45) is 0 Å². The smallest absolute Gasteiger partial charge is 0.324 e. The quantitative estimate of drug-likeness (QED) is 0.736. The van der Waals surface area contributed by atoms with Crippen LogP contribution in [0.15, 0.2) is 17.5 Å². The number of hydrogen-bond donors (Lipinski definition) is 3. The van der Waals surface area contributed by atoms with E-state index in [1.54, 1.807) is 11.3 Å². The van der Waals surface area contributed by atoms with E-state index >= 15 is 0 Å². The van der Waals surface area contributed by atoms with Gasteiger partial charge in [-0.3, -0.25) is 10.1 Å². The molecule has 0 atom stereocenters. The minimum Gasteiger partial charge on any atom is -0.480 e. The van der Waals surface area contributed by atoms with Crippen LogP contribution in [0.3, 0.4) is 0 Å². The third kappa shape index (κ3) is 2.42. The van der Waals surface area contributed by atoms with Crippen LogP contribution in [0.4, 0.5) is 0 Å². The van der Waals surface area contributed by atoms with Gasteiger partial charge < -0.3 is 10.4 Å². The van der Waals surface area contributed by atoms with Crippen molar-refractivity contribution in [3.8, 4) is 0 Å². The molecule has 0 bridgehead atoms. The third-order valence-electron chi connectivity index (χ3n) is 3.05. The van der Waals surface area contributed by atoms with Crippen LogP contribution in [0, 0.1) is 0 Å². The first-order valence-corrected chi connectivity index (χ1v) is 6.32. The van der Waals surface area contributed by atoms with Crippen LogP contribution >= 0.6 is 11.3 Å². The molecule has 88 valence electrons. The molecule has 2 rings (SSSR count). The predicted octanol–water partition coefficient (Wildman–Crippen LogP) is 1.04. The standard InChI is InChI=1S/C11H16N2O2S/c14-10(15)11(3-5-12-6-4-11)13-8-9-2-1-7-16-9/h1-2,7,12-13H,3-6,8H2,(H,14,15). The zero-order valence-electron chi connectivity index (χ0n) is 9.03. The van der Waals surface area contributed by atoms with Crippen molar-refractivity contribution in [1.82, 2.24) is 10.6 Å². The lowest BCUT2D eigenvalue weighted by Gasteiger charge is -2.34. The van der Waals surface area contributed by atoms with Crippen LogP contribution in [-0.2, 0) is 11.3 Å². The zero-order valence-corrected chi connectivity index (χ0v) is 9.85. The van der Waals surface area contributed by atoms with Gasteiger partial charge in [-0.25, -0.2) is 0 Å². The van der Waals surface area contributed by atoms with Crippen LogP contribution in [0.2, 0.25) is 0 Å². The number of aliphatic carboxylic acids is 1. The zero-order chi connectivity index (χ0) is 11.4. The Hall–Kier alpha value is -0.910. The second kappa shape index (κ2) is 4.95. The SMILES string of the molecule is O=C(O)C1(NCc2cccs2)CCNCC1. The molecule has 1 saturated heterocycles. The summed E-state index contributed by atoms with van der Waals surface area (Å²) < 4.78 is 0. The second-order valence-corrected chi connectivity index (χ2v) is 5.10. The minimum absolute atomic E-state index is 0.643. The molecule has 1 fully saturated rings. The molecule has 4 nitrogen and oxygen atoms in total. The maximum Gasteiger partial charge on any atom is 0.324 e. The van der Waals surface area contributed by atoms with Crippen molar-refractivity contribution >= 4 is 17.3 Å². The van der Waals surface area contributed by atoms with E-state index in [4.69, 9.17) is 0 Å². The molecular formula is C11H16N2O2S. The van der Waals surface area contributed by atoms with Crippen molar-refractivity contribution in [3.05, 3.63) is 22.4 Å². The van der Waals surface area contributed by atoms with Gasteiger partial charge in [-0.2, -0.15) is 0 Å². The third-order valence-corrected chi connectivity index (χ3v) is 3.92. The number of carboxylic acids is 1. The molecule has 1 aliphatic rings. The van der Waals surface area contributed by atoms with Gasteiger partial charge in [0.1, 0.15) is 5.54 Å². The summed E-state index contributed by atoms with van der Waals surface area (Å²) in [4.78, 5) is 12.5. The summed E-state index contributed by atoms with van der Waals surface area (Å²) >= 11 is 1.65. The highest BCUT2D eigenvalue weighted by Gasteiger charge is 2.38. The molecule has 3 N–H and O–H groups in total. The van der Waals surface area contributed by atoms with E-state index in [0.717, 1.165) is 13.1 Å². The van der Waals surface area contributed by atoms with E-state index in [1.807, 2.05) is 17.5 Å². The van der Waals surface area contributed by atoms with Crippen LogP contribution in [-0.4, -0.2) is 29.7 Å². The first kappa shape index (κ1) is 11.6. The molecule has 1 aliphatic heterocycles. The molecule has 0 saturated carbocycles. The van der Waals surface area contributed by atoms with Crippen LogP contribution in [0.25, 0.3) is 0 Å². The minimum atomic E-state index is -0.741. The molecule has 5 heteroatoms. The molecule has 1 aromatic rings. The average Bonchev–Trinajstić information content (AvgIpc) is 2.80. The van der Waals surface area contributed by atoms with E-state index in [9.17, 15) is 9.90 Å². The second-order valence-electron chi connectivity index (χ2n) is 4.07. The molecule has 0 amide bonds. The fourth-order valence-corrected chi connectivity index (χ4v) is 2.63. The van der Waals surface area contributed by atoms with Gasteiger partial charge in [-0.05, 0) is 37.4 Å². The molecular weight excluding hydrogens is 224 g/mol. The lowest BCUT2D eigenvalue weighted by Crippen LogP contribution is -2.57. The highest BCUT2D eigenvalue weighted by Crippen LogP contribution is 2.20. The van der Waals surface area contributed by atoms with Crippen molar-refractivity contribution < 1.29 is 9.90 Å². The van der Waals surface area contributed by atoms with Gasteiger partial charge in [0.05, 0.1) is 0 Å². The van der Waals surface area contributed by atoms with Crippen molar-refractivity contribution in [2.45, 2.75) is 24.9 Å². The lowest BCUT2D eigenvalue weighted by atomic mass is 9.88. The summed E-state index contributed by atoms with van der Waals surface area (Å²) in [7, 11) is 0. The van der Waals surface area contributed by atoms with E-state index in [-0.39, 0.29) is 0 Å². The Kier molecular flexibility index (Phi) is 3.58. The fraction of sp³-hybridized carbons (Fsp3) is 0.545. The highest BCUT2D eigenvalue weighted by molar-refractivity contribution is 7.09. The molecule has 1 aromatic heterocycles. The Morgan fingerprint density at radius 3 is 2.88 bits per heavy atom. The Morgan fingerprint density at radius 1 is 1.56 bits per heavy atom. The summed E-state index contributed by atoms with van der Waals surface area (Å²) in [5, 5.41) is 17.7. The number of hydrogen-bond acceptors (Lipinski definition) is 4. The molecule has 0 aliphatic carbocycles. The maximum atomic E-state index is 11.3. The van der Waals surface area contributed by atoms with Crippen LogP contribution in [0.5, 0.6) is 0 Å². The van der Waals surface area contributed by atoms with E-state index in [0.29, 0.717) is 19.4 Å². The summed E-state index contributed by atoms with van der Waals surface area (Å²) in [6.45, 7) is 2.18. The van der Waals surface area contributed by atoms with Crippen LogP contribution < -0.4 is 10.6 Å². The normalized spacial score (nSPS) is 19.5. The first-order chi connectivity index (χ1) is 7.73. The summed E-state index contributed by atoms with van der Waals surface area (Å²) in [6, 6.07) is 4.01. The van der Waals surface area contributed by atoms with E-state index in [2.05, 4.69) is 10.6 Å². The van der Waals surface area contributed by atoms with Gasteiger partial charge in [-0.1, -0.05) is 6.07 Å². The Bertz CT molecular complexity index is 345. The topological polar surface area (TPSA) is 61.4 Å². The van der Waals surface area contributed by atoms with Crippen molar-refractivity contribution in [1.29, 1.82) is 0 Å². The van der Waals surface area contributed by atoms with Gasteiger partial charge >= 0.3 is 5.97 Å². The largest absolute Gasteiger partial charge is 0.480 e. The lowest BCUT2D eigenvalue weighted by molar-refractivity contribution is -0.146. The maximum absolute atomic E-state index is 11.3. The summed E-state index contributed by atoms with van der Waals surface area (Å²) in [5.74, 6) is -0.731. The number of piperidine rings is 1. The van der Waals surface area contributed by atoms with Crippen LogP contribution in [0.1, 0.15) is 17.7 Å². The van der Waals surface area contributed by atoms with E-state index < -0.39 is 11.5 Å². The van der Waals surface area contributed by atoms with E-state index in [1.165, 1.54) is 4.88 Å². The Morgan fingerprint density at radius 2 is 2.31 bits per heavy atom. The number of carboxylic acid groups (broad SMARTS) is 1. The molecule has 0 radical (unpaired) electrons. The number of carbonyl (C=O) groups is 1. The first-order valence-electron chi connectivity index (χ1n) is 5.44. The molecule has 0 unspecified atom stereocenters. The summed E-state index contributed by atoms with van der Waals surface area (Å²) in [6.07, 6.45) is 1.29. The van der Waals surface area contributed by atoms with Gasteiger partial charge in [-0.15, -0.1) is 11.3 Å². The van der Waals surface area contributed by atoms with Gasteiger partial charge in [0, 0.05) is 11.4 Å². The van der Waals surface area contributed by atoms with Gasteiger partial charge in [0.25, 0.3) is 0 Å². The molecule has 2 heterocycles.